The summed E-state index contributed by atoms with van der Waals surface area (Å²) in [5, 5.41) is 3.31. The van der Waals surface area contributed by atoms with E-state index in [1.54, 1.807) is 12.4 Å². The topological polar surface area (TPSA) is 70.5 Å². The zero-order valence-corrected chi connectivity index (χ0v) is 14.9. The Kier molecular flexibility index (Phi) is 3.85. The van der Waals surface area contributed by atoms with E-state index >= 15 is 0 Å². The number of rotatable bonds is 3. The van der Waals surface area contributed by atoms with Crippen LogP contribution >= 0.6 is 0 Å². The minimum absolute atomic E-state index is 0.106. The molecule has 2 heterocycles. The van der Waals surface area contributed by atoms with Crippen molar-refractivity contribution in [2.75, 3.05) is 0 Å². The first kappa shape index (κ1) is 16.2. The van der Waals surface area contributed by atoms with Gasteiger partial charge >= 0.3 is 0 Å². The van der Waals surface area contributed by atoms with Crippen molar-refractivity contribution in [3.05, 3.63) is 36.1 Å². The highest BCUT2D eigenvalue weighted by molar-refractivity contribution is 5.92. The Morgan fingerprint density at radius 1 is 1.24 bits per heavy atom. The van der Waals surface area contributed by atoms with Crippen LogP contribution in [-0.2, 0) is 0 Å². The van der Waals surface area contributed by atoms with Crippen molar-refractivity contribution in [1.82, 2.24) is 20.2 Å². The lowest BCUT2D eigenvalue weighted by molar-refractivity contribution is 0.0620. The summed E-state index contributed by atoms with van der Waals surface area (Å²) in [5.74, 6) is -0.106. The Hall–Kier alpha value is -2.24. The number of hydrogen-bond acceptors (Lipinski definition) is 5. The number of nitrogens with one attached hydrogen (secondary N) is 1. The van der Waals surface area contributed by atoms with E-state index < -0.39 is 0 Å². The molecule has 2 aliphatic carbocycles. The highest BCUT2D eigenvalue weighted by Crippen LogP contribution is 2.52. The molecular formula is C19H25N5O. The molecule has 3 aliphatic rings. The second-order valence-electron chi connectivity index (χ2n) is 7.71. The molecule has 1 N–H and O–H groups in total. The number of carbonyl (C=O) groups is 1. The summed E-state index contributed by atoms with van der Waals surface area (Å²) in [6.45, 7) is 4.01. The van der Waals surface area contributed by atoms with Gasteiger partial charge in [0, 0.05) is 29.7 Å². The van der Waals surface area contributed by atoms with Gasteiger partial charge in [-0.25, -0.2) is 4.98 Å². The molecule has 3 atom stereocenters. The lowest BCUT2D eigenvalue weighted by Gasteiger charge is -2.48. The number of allylic oxidation sites excluding steroid dienone is 1. The third-order valence-electron chi connectivity index (χ3n) is 6.01. The zero-order chi connectivity index (χ0) is 17.5. The molecule has 6 nitrogen and oxygen atoms in total. The number of carbonyl (C=O) groups excluding carboxylic acids is 1. The van der Waals surface area contributed by atoms with Crippen LogP contribution < -0.4 is 5.32 Å². The van der Waals surface area contributed by atoms with Gasteiger partial charge in [-0.1, -0.05) is 0 Å². The summed E-state index contributed by atoms with van der Waals surface area (Å²) in [4.78, 5) is 28.1. The lowest BCUT2D eigenvalue weighted by atomic mass is 9.77. The standard InChI is InChI=1S/C19H25N5O/c1-14-11-22-16(12-21-14)17(25)23-18-5-3-6-19(13-18,8-7-18)24-10-4-9-20-15(24)2/h4,9-12,15H,3,5-8,13H2,1-2H3,(H,23,25). The van der Waals surface area contributed by atoms with Crippen molar-refractivity contribution in [2.24, 2.45) is 4.99 Å². The maximum atomic E-state index is 12.7. The number of aryl methyl sites for hydroxylation is 1. The summed E-state index contributed by atoms with van der Waals surface area (Å²) in [7, 11) is 0. The molecule has 2 fully saturated rings. The van der Waals surface area contributed by atoms with E-state index in [9.17, 15) is 4.79 Å². The molecule has 2 bridgehead atoms. The van der Waals surface area contributed by atoms with E-state index in [-0.39, 0.29) is 23.2 Å². The molecule has 25 heavy (non-hydrogen) atoms. The number of nitrogens with zero attached hydrogens (tertiary/aromatic N) is 4. The third kappa shape index (κ3) is 2.83. The average molecular weight is 339 g/mol. The highest BCUT2D eigenvalue weighted by atomic mass is 16.2. The van der Waals surface area contributed by atoms with E-state index in [1.807, 2.05) is 19.2 Å². The van der Waals surface area contributed by atoms with E-state index in [1.165, 1.54) is 6.42 Å². The number of aromatic nitrogens is 2. The first-order valence-electron chi connectivity index (χ1n) is 9.12. The first-order valence-corrected chi connectivity index (χ1v) is 9.12. The Bertz CT molecular complexity index is 728. The summed E-state index contributed by atoms with van der Waals surface area (Å²) >= 11 is 0. The van der Waals surface area contributed by atoms with Crippen LogP contribution in [-0.4, -0.2) is 44.2 Å². The number of hydrogen-bond donors (Lipinski definition) is 1. The Morgan fingerprint density at radius 3 is 2.88 bits per heavy atom. The second kappa shape index (κ2) is 5.93. The predicted octanol–water partition coefficient (Wildman–Crippen LogP) is 2.61. The van der Waals surface area contributed by atoms with Crippen LogP contribution in [0.15, 0.2) is 29.7 Å². The fraction of sp³-hybridized carbons (Fsp3) is 0.579. The van der Waals surface area contributed by atoms with Crippen LogP contribution in [0.1, 0.15) is 61.6 Å². The van der Waals surface area contributed by atoms with E-state index in [0.29, 0.717) is 5.69 Å². The van der Waals surface area contributed by atoms with Gasteiger partial charge in [0.25, 0.3) is 5.91 Å². The van der Waals surface area contributed by atoms with Crippen LogP contribution in [0.25, 0.3) is 0 Å². The number of amides is 1. The maximum absolute atomic E-state index is 12.7. The van der Waals surface area contributed by atoms with Crippen LogP contribution in [0.3, 0.4) is 0 Å². The molecule has 4 rings (SSSR count). The van der Waals surface area contributed by atoms with Gasteiger partial charge in [-0.2, -0.15) is 0 Å². The summed E-state index contributed by atoms with van der Waals surface area (Å²) < 4.78 is 0. The fourth-order valence-corrected chi connectivity index (χ4v) is 4.85. The molecule has 2 saturated carbocycles. The lowest BCUT2D eigenvalue weighted by Crippen LogP contribution is -2.56. The maximum Gasteiger partial charge on any atom is 0.271 e. The van der Waals surface area contributed by atoms with Gasteiger partial charge in [-0.05, 0) is 58.4 Å². The van der Waals surface area contributed by atoms with E-state index in [4.69, 9.17) is 0 Å². The smallest absolute Gasteiger partial charge is 0.271 e. The molecular weight excluding hydrogens is 314 g/mol. The van der Waals surface area contributed by atoms with E-state index in [0.717, 1.165) is 37.8 Å². The molecule has 0 saturated heterocycles. The molecule has 1 aromatic rings. The van der Waals surface area contributed by atoms with Crippen molar-refractivity contribution in [3.63, 3.8) is 0 Å². The van der Waals surface area contributed by atoms with Gasteiger partial charge in [-0.3, -0.25) is 14.8 Å². The number of aliphatic imine (C=N–C) groups is 1. The molecule has 1 amide bonds. The number of fused-ring (bicyclic) bond motifs is 2. The molecule has 1 aromatic heterocycles. The highest BCUT2D eigenvalue weighted by Gasteiger charge is 2.54. The van der Waals surface area contributed by atoms with E-state index in [2.05, 4.69) is 38.3 Å². The SMILES string of the molecule is Cc1cnc(C(=O)NC23CCCC(N4C=CC=NC4C)(CC2)C3)cn1. The molecule has 0 aromatic carbocycles. The molecule has 132 valence electrons. The zero-order valence-electron chi connectivity index (χ0n) is 14.9. The Balaban J connectivity index is 1.53. The van der Waals surface area contributed by atoms with Gasteiger partial charge in [0.05, 0.1) is 11.9 Å². The van der Waals surface area contributed by atoms with Gasteiger partial charge in [0.2, 0.25) is 0 Å². The van der Waals surface area contributed by atoms with Crippen molar-refractivity contribution >= 4 is 12.1 Å². The normalized spacial score (nSPS) is 33.5. The monoisotopic (exact) mass is 339 g/mol. The molecule has 0 spiro atoms. The van der Waals surface area contributed by atoms with Gasteiger partial charge in [0.1, 0.15) is 11.9 Å². The molecule has 0 radical (unpaired) electrons. The minimum atomic E-state index is -0.128. The quantitative estimate of drug-likeness (QED) is 0.919. The van der Waals surface area contributed by atoms with Crippen molar-refractivity contribution in [2.45, 2.75) is 69.6 Å². The summed E-state index contributed by atoms with van der Waals surface area (Å²) in [6.07, 6.45) is 15.9. The minimum Gasteiger partial charge on any atom is -0.350 e. The molecule has 1 aliphatic heterocycles. The molecule has 6 heteroatoms. The van der Waals surface area contributed by atoms with Crippen LogP contribution in [0, 0.1) is 6.92 Å². The Labute approximate surface area is 148 Å². The first-order chi connectivity index (χ1) is 12.0. The fourth-order valence-electron chi connectivity index (χ4n) is 4.85. The van der Waals surface area contributed by atoms with Gasteiger partial charge in [-0.15, -0.1) is 0 Å². The van der Waals surface area contributed by atoms with Crippen molar-refractivity contribution < 1.29 is 4.79 Å². The van der Waals surface area contributed by atoms with Crippen LogP contribution in [0.2, 0.25) is 0 Å². The third-order valence-corrected chi connectivity index (χ3v) is 6.01. The summed E-state index contributed by atoms with van der Waals surface area (Å²) in [6, 6.07) is 0. The Morgan fingerprint density at radius 2 is 2.12 bits per heavy atom. The van der Waals surface area contributed by atoms with Gasteiger partial charge in [0.15, 0.2) is 0 Å². The second-order valence-corrected chi connectivity index (χ2v) is 7.71. The van der Waals surface area contributed by atoms with Crippen LogP contribution in [0.5, 0.6) is 0 Å². The van der Waals surface area contributed by atoms with Crippen molar-refractivity contribution in [1.29, 1.82) is 0 Å². The predicted molar refractivity (Wildman–Crippen MR) is 96.3 cm³/mol. The van der Waals surface area contributed by atoms with Gasteiger partial charge < -0.3 is 10.2 Å². The summed E-state index contributed by atoms with van der Waals surface area (Å²) in [5.41, 5.74) is 1.20. The largest absolute Gasteiger partial charge is 0.350 e. The average Bonchev–Trinajstić information content (AvgIpc) is 2.87. The van der Waals surface area contributed by atoms with Crippen LogP contribution in [0.4, 0.5) is 0 Å². The molecule has 3 unspecified atom stereocenters. The van der Waals surface area contributed by atoms with Crippen molar-refractivity contribution in [3.8, 4) is 0 Å².